The molecule has 0 radical (unpaired) electrons. The molecule has 2 fully saturated rings. The van der Waals surface area contributed by atoms with Gasteiger partial charge in [0.2, 0.25) is 0 Å². The summed E-state index contributed by atoms with van der Waals surface area (Å²) in [5.41, 5.74) is 6.64. The number of carbonyl (C=O) groups excluding carboxylic acids is 3. The lowest BCUT2D eigenvalue weighted by molar-refractivity contribution is -0.128. The summed E-state index contributed by atoms with van der Waals surface area (Å²) in [5.74, 6) is -1.50. The van der Waals surface area contributed by atoms with Gasteiger partial charge in [0.1, 0.15) is 5.82 Å². The minimum absolute atomic E-state index is 0.0750. The van der Waals surface area contributed by atoms with Crippen molar-refractivity contribution in [3.8, 4) is 0 Å². The van der Waals surface area contributed by atoms with Crippen LogP contribution in [0.2, 0.25) is 0 Å². The lowest BCUT2D eigenvalue weighted by Gasteiger charge is -2.32. The Kier molecular flexibility index (Phi) is 7.47. The van der Waals surface area contributed by atoms with Crippen molar-refractivity contribution >= 4 is 39.5 Å². The van der Waals surface area contributed by atoms with Gasteiger partial charge >= 0.3 is 6.03 Å². The molecule has 1 heterocycles. The molecule has 2 aromatic rings. The van der Waals surface area contributed by atoms with E-state index < -0.39 is 29.8 Å². The molecule has 1 saturated carbocycles. The van der Waals surface area contributed by atoms with Crippen molar-refractivity contribution in [2.45, 2.75) is 43.9 Å². The summed E-state index contributed by atoms with van der Waals surface area (Å²) in [4.78, 5) is 42.4. The number of benzene rings is 2. The minimum atomic E-state index is -1.15. The third kappa shape index (κ3) is 5.56. The highest BCUT2D eigenvalue weighted by atomic mass is 79.9. The van der Waals surface area contributed by atoms with Crippen LogP contribution in [0.25, 0.3) is 0 Å². The van der Waals surface area contributed by atoms with E-state index >= 15 is 0 Å². The molecule has 8 nitrogen and oxygen atoms in total. The van der Waals surface area contributed by atoms with E-state index in [0.717, 1.165) is 36.2 Å². The number of urea groups is 1. The Morgan fingerprint density at radius 3 is 2.38 bits per heavy atom. The molecular weight excluding hydrogens is 505 g/mol. The Hall–Kier alpha value is -2.98. The molecule has 1 aliphatic carbocycles. The highest BCUT2D eigenvalue weighted by Gasteiger charge is 2.43. The van der Waals surface area contributed by atoms with Crippen molar-refractivity contribution < 1.29 is 18.8 Å². The molecule has 4 rings (SSSR count). The fourth-order valence-corrected chi connectivity index (χ4v) is 4.82. The predicted molar refractivity (Wildman–Crippen MR) is 129 cm³/mol. The van der Waals surface area contributed by atoms with Crippen LogP contribution in [-0.4, -0.2) is 59.0 Å². The van der Waals surface area contributed by atoms with Crippen molar-refractivity contribution in [3.63, 3.8) is 0 Å². The van der Waals surface area contributed by atoms with Gasteiger partial charge in [-0.25, -0.2) is 9.18 Å². The van der Waals surface area contributed by atoms with Crippen LogP contribution in [-0.2, 0) is 4.79 Å². The van der Waals surface area contributed by atoms with Crippen molar-refractivity contribution in [3.05, 3.63) is 64.4 Å². The zero-order valence-electron chi connectivity index (χ0n) is 18.5. The zero-order chi connectivity index (χ0) is 24.2. The number of nitrogens with one attached hydrogen (secondary N) is 2. The molecule has 1 saturated heterocycles. The third-order valence-electron chi connectivity index (χ3n) is 6.19. The van der Waals surface area contributed by atoms with Crippen molar-refractivity contribution in [1.29, 1.82) is 0 Å². The maximum absolute atomic E-state index is 13.8. The van der Waals surface area contributed by atoms with E-state index in [4.69, 9.17) is 5.73 Å². The Bertz CT molecular complexity index is 1080. The molecule has 1 unspecified atom stereocenters. The Balaban J connectivity index is 1.56. The van der Waals surface area contributed by atoms with E-state index in [-0.39, 0.29) is 30.7 Å². The van der Waals surface area contributed by atoms with E-state index in [0.29, 0.717) is 5.69 Å². The summed E-state index contributed by atoms with van der Waals surface area (Å²) in [6.07, 6.45) is 1.92. The first-order valence-corrected chi connectivity index (χ1v) is 12.1. The second-order valence-corrected chi connectivity index (χ2v) is 9.55. The number of nitrogens with zero attached hydrogens (tertiary/aromatic N) is 2. The Morgan fingerprint density at radius 2 is 1.68 bits per heavy atom. The van der Waals surface area contributed by atoms with Gasteiger partial charge in [0.15, 0.2) is 6.17 Å². The lowest BCUT2D eigenvalue weighted by Crippen LogP contribution is -2.56. The summed E-state index contributed by atoms with van der Waals surface area (Å²) in [6, 6.07) is 11.9. The number of halogens is 2. The minimum Gasteiger partial charge on any atom is -0.350 e. The van der Waals surface area contributed by atoms with E-state index in [1.165, 1.54) is 28.0 Å². The number of hydrogen-bond donors (Lipinski definition) is 3. The van der Waals surface area contributed by atoms with Crippen LogP contribution < -0.4 is 16.4 Å². The largest absolute Gasteiger partial charge is 0.350 e. The number of rotatable bonds is 4. The van der Waals surface area contributed by atoms with E-state index in [2.05, 4.69) is 26.6 Å². The van der Waals surface area contributed by atoms with Gasteiger partial charge in [-0.3, -0.25) is 14.5 Å². The number of nitrogens with two attached hydrogens (primary N) is 1. The van der Waals surface area contributed by atoms with Gasteiger partial charge in [-0.2, -0.15) is 0 Å². The van der Waals surface area contributed by atoms with Gasteiger partial charge in [-0.15, -0.1) is 0 Å². The number of carbonyl (C=O) groups is 3. The fourth-order valence-electron chi connectivity index (χ4n) is 4.42. The molecule has 0 bridgehead atoms. The molecule has 0 aromatic heterocycles. The van der Waals surface area contributed by atoms with Gasteiger partial charge in [0.25, 0.3) is 11.8 Å². The topological polar surface area (TPSA) is 108 Å². The number of amides is 4. The molecule has 2 aromatic carbocycles. The summed E-state index contributed by atoms with van der Waals surface area (Å²) in [5, 5.41) is 5.79. The molecule has 1 atom stereocenters. The average Bonchev–Trinajstić information content (AvgIpc) is 3.26. The standard InChI is InChI=1S/C24H27BrFN5O3/c25-16-4-2-6-20(14-16)29-24(34)31-12-11-30(23(33)15-3-1-5-17(26)13-15)22(31)21(32)28-19-9-7-18(27)8-10-19/h1-6,13-14,18-19,22H,7-12,27H2,(H,28,32)(H,29,34). The molecule has 0 spiro atoms. The van der Waals surface area contributed by atoms with Gasteiger partial charge < -0.3 is 21.3 Å². The van der Waals surface area contributed by atoms with Crippen molar-refractivity contribution in [2.24, 2.45) is 5.73 Å². The highest BCUT2D eigenvalue weighted by Crippen LogP contribution is 2.23. The van der Waals surface area contributed by atoms with E-state index in [1.807, 2.05) is 6.07 Å². The lowest BCUT2D eigenvalue weighted by atomic mass is 9.92. The predicted octanol–water partition coefficient (Wildman–Crippen LogP) is 3.29. The second kappa shape index (κ2) is 10.5. The monoisotopic (exact) mass is 531 g/mol. The number of hydrogen-bond acceptors (Lipinski definition) is 4. The van der Waals surface area contributed by atoms with Crippen LogP contribution in [0.5, 0.6) is 0 Å². The Labute approximate surface area is 205 Å². The van der Waals surface area contributed by atoms with E-state index in [9.17, 15) is 18.8 Å². The van der Waals surface area contributed by atoms with Gasteiger partial charge in [-0.1, -0.05) is 28.1 Å². The molecule has 2 aliphatic rings. The molecule has 4 amide bonds. The van der Waals surface area contributed by atoms with Crippen LogP contribution in [0.15, 0.2) is 53.0 Å². The SMILES string of the molecule is NC1CCC(NC(=O)C2N(C(=O)Nc3cccc(Br)c3)CCN2C(=O)c2cccc(F)c2)CC1. The normalized spacial score (nSPS) is 22.4. The van der Waals surface area contributed by atoms with Gasteiger partial charge in [0, 0.05) is 40.9 Å². The van der Waals surface area contributed by atoms with Gasteiger partial charge in [0.05, 0.1) is 0 Å². The van der Waals surface area contributed by atoms with Crippen molar-refractivity contribution in [1.82, 2.24) is 15.1 Å². The first kappa shape index (κ1) is 24.2. The third-order valence-corrected chi connectivity index (χ3v) is 6.69. The molecule has 34 heavy (non-hydrogen) atoms. The molecule has 4 N–H and O–H groups in total. The van der Waals surface area contributed by atoms with Crippen LogP contribution in [0.4, 0.5) is 14.9 Å². The number of anilines is 1. The quantitative estimate of drug-likeness (QED) is 0.562. The summed E-state index contributed by atoms with van der Waals surface area (Å²) < 4.78 is 14.5. The summed E-state index contributed by atoms with van der Waals surface area (Å²) in [7, 11) is 0. The van der Waals surface area contributed by atoms with E-state index in [1.54, 1.807) is 18.2 Å². The van der Waals surface area contributed by atoms with Crippen molar-refractivity contribution in [2.75, 3.05) is 18.4 Å². The highest BCUT2D eigenvalue weighted by molar-refractivity contribution is 9.10. The zero-order valence-corrected chi connectivity index (χ0v) is 20.1. The first-order chi connectivity index (χ1) is 16.3. The molecule has 180 valence electrons. The first-order valence-electron chi connectivity index (χ1n) is 11.3. The van der Waals surface area contributed by atoms with Crippen LogP contribution in [0, 0.1) is 5.82 Å². The smallest absolute Gasteiger partial charge is 0.323 e. The van der Waals surface area contributed by atoms with Crippen LogP contribution >= 0.6 is 15.9 Å². The maximum Gasteiger partial charge on any atom is 0.323 e. The summed E-state index contributed by atoms with van der Waals surface area (Å²) in [6.45, 7) is 0.309. The van der Waals surface area contributed by atoms with Crippen LogP contribution in [0.1, 0.15) is 36.0 Å². The van der Waals surface area contributed by atoms with Crippen LogP contribution in [0.3, 0.4) is 0 Å². The average molecular weight is 532 g/mol. The second-order valence-electron chi connectivity index (χ2n) is 8.64. The maximum atomic E-state index is 13.8. The molecule has 10 heteroatoms. The molecular formula is C24H27BrFN5O3. The Morgan fingerprint density at radius 1 is 0.971 bits per heavy atom. The summed E-state index contributed by atoms with van der Waals surface area (Å²) >= 11 is 3.37. The molecule has 1 aliphatic heterocycles. The fraction of sp³-hybridized carbons (Fsp3) is 0.375. The van der Waals surface area contributed by atoms with Gasteiger partial charge in [-0.05, 0) is 62.1 Å².